The SMILES string of the molecule is FC(F)(F)c1cncc(-c2nnc3n2CCN(C(c2ccccc2)c2ccccc2)C3)c1. The fourth-order valence-electron chi connectivity index (χ4n) is 4.21. The Bertz CT molecular complexity index is 1170. The summed E-state index contributed by atoms with van der Waals surface area (Å²) in [6, 6.07) is 21.6. The molecule has 0 atom stereocenters. The lowest BCUT2D eigenvalue weighted by Gasteiger charge is -2.35. The molecule has 0 spiro atoms. The summed E-state index contributed by atoms with van der Waals surface area (Å²) in [6.07, 6.45) is -2.23. The van der Waals surface area contributed by atoms with Crippen molar-refractivity contribution in [2.45, 2.75) is 25.3 Å². The van der Waals surface area contributed by atoms with E-state index in [9.17, 15) is 13.2 Å². The molecule has 1 aliphatic rings. The first kappa shape index (κ1) is 20.4. The zero-order chi connectivity index (χ0) is 22.1. The van der Waals surface area contributed by atoms with Crippen LogP contribution in [-0.2, 0) is 19.3 Å². The van der Waals surface area contributed by atoms with Gasteiger partial charge in [-0.2, -0.15) is 13.2 Å². The number of nitrogens with zero attached hydrogens (tertiary/aromatic N) is 5. The lowest BCUT2D eigenvalue weighted by Crippen LogP contribution is -2.37. The smallest absolute Gasteiger partial charge is 0.309 e. The number of pyridine rings is 1. The molecule has 0 radical (unpaired) electrons. The van der Waals surface area contributed by atoms with E-state index in [1.54, 1.807) is 0 Å². The molecule has 8 heteroatoms. The monoisotopic (exact) mass is 435 g/mol. The number of hydrogen-bond acceptors (Lipinski definition) is 4. The maximum absolute atomic E-state index is 13.1. The van der Waals surface area contributed by atoms with Crippen molar-refractivity contribution < 1.29 is 13.2 Å². The molecular formula is C24H20F3N5. The summed E-state index contributed by atoms with van der Waals surface area (Å²) in [6.45, 7) is 1.82. The zero-order valence-corrected chi connectivity index (χ0v) is 17.1. The van der Waals surface area contributed by atoms with Gasteiger partial charge in [0.2, 0.25) is 0 Å². The van der Waals surface area contributed by atoms with Crippen molar-refractivity contribution in [1.29, 1.82) is 0 Å². The Kier molecular flexibility index (Phi) is 5.22. The van der Waals surface area contributed by atoms with Gasteiger partial charge in [-0.15, -0.1) is 10.2 Å². The maximum Gasteiger partial charge on any atom is 0.417 e. The van der Waals surface area contributed by atoms with Gasteiger partial charge in [0.15, 0.2) is 5.82 Å². The van der Waals surface area contributed by atoms with E-state index in [2.05, 4.69) is 44.3 Å². The number of aromatic nitrogens is 4. The molecule has 4 aromatic rings. The molecular weight excluding hydrogens is 415 g/mol. The molecule has 32 heavy (non-hydrogen) atoms. The Balaban J connectivity index is 1.47. The van der Waals surface area contributed by atoms with Crippen LogP contribution in [0.25, 0.3) is 11.4 Å². The second-order valence-electron chi connectivity index (χ2n) is 7.75. The lowest BCUT2D eigenvalue weighted by molar-refractivity contribution is -0.137. The van der Waals surface area contributed by atoms with Crippen molar-refractivity contribution in [2.75, 3.05) is 6.54 Å². The summed E-state index contributed by atoms with van der Waals surface area (Å²) < 4.78 is 41.3. The molecule has 0 amide bonds. The summed E-state index contributed by atoms with van der Waals surface area (Å²) >= 11 is 0. The highest BCUT2D eigenvalue weighted by molar-refractivity contribution is 5.55. The van der Waals surface area contributed by atoms with Crippen LogP contribution in [0.4, 0.5) is 13.2 Å². The highest BCUT2D eigenvalue weighted by atomic mass is 19.4. The normalized spacial score (nSPS) is 14.5. The second-order valence-corrected chi connectivity index (χ2v) is 7.75. The molecule has 5 nitrogen and oxygen atoms in total. The Labute approximate surface area is 183 Å². The predicted molar refractivity (Wildman–Crippen MR) is 113 cm³/mol. The first-order valence-corrected chi connectivity index (χ1v) is 10.3. The number of alkyl halides is 3. The molecule has 0 aliphatic carbocycles. The van der Waals surface area contributed by atoms with Gasteiger partial charge in [-0.3, -0.25) is 9.88 Å². The fraction of sp³-hybridized carbons (Fsp3) is 0.208. The van der Waals surface area contributed by atoms with Gasteiger partial charge in [-0.25, -0.2) is 0 Å². The van der Waals surface area contributed by atoms with E-state index in [-0.39, 0.29) is 6.04 Å². The van der Waals surface area contributed by atoms with Crippen LogP contribution >= 0.6 is 0 Å². The minimum atomic E-state index is -4.46. The first-order chi connectivity index (χ1) is 15.5. The maximum atomic E-state index is 13.1. The highest BCUT2D eigenvalue weighted by Gasteiger charge is 2.32. The summed E-state index contributed by atoms with van der Waals surface area (Å²) in [7, 11) is 0. The highest BCUT2D eigenvalue weighted by Crippen LogP contribution is 2.34. The van der Waals surface area contributed by atoms with E-state index >= 15 is 0 Å². The van der Waals surface area contributed by atoms with Crippen LogP contribution in [0.15, 0.2) is 79.1 Å². The molecule has 0 saturated heterocycles. The fourth-order valence-corrected chi connectivity index (χ4v) is 4.21. The second kappa shape index (κ2) is 8.20. The molecule has 0 unspecified atom stereocenters. The van der Waals surface area contributed by atoms with Gasteiger partial charge in [0.25, 0.3) is 0 Å². The van der Waals surface area contributed by atoms with Crippen LogP contribution in [-0.4, -0.2) is 31.2 Å². The van der Waals surface area contributed by atoms with Crippen LogP contribution in [0.1, 0.15) is 28.6 Å². The Morgan fingerprint density at radius 2 is 1.47 bits per heavy atom. The van der Waals surface area contributed by atoms with Gasteiger partial charge in [-0.1, -0.05) is 60.7 Å². The molecule has 162 valence electrons. The van der Waals surface area contributed by atoms with Crippen LogP contribution in [0, 0.1) is 0 Å². The Morgan fingerprint density at radius 3 is 2.09 bits per heavy atom. The summed E-state index contributed by atoms with van der Waals surface area (Å²) in [4.78, 5) is 6.09. The van der Waals surface area contributed by atoms with Gasteiger partial charge in [0.1, 0.15) is 5.82 Å². The standard InChI is InChI=1S/C24H20F3N5/c25-24(26,27)20-13-19(14-28-15-20)23-30-29-21-16-31(11-12-32(21)23)22(17-7-3-1-4-8-17)18-9-5-2-6-10-18/h1-10,13-15,22H,11-12,16H2. The third-order valence-corrected chi connectivity index (χ3v) is 5.70. The first-order valence-electron chi connectivity index (χ1n) is 10.3. The van der Waals surface area contributed by atoms with Crippen LogP contribution < -0.4 is 0 Å². The molecule has 2 aromatic carbocycles. The number of halogens is 3. The molecule has 0 bridgehead atoms. The van der Waals surface area contributed by atoms with Crippen molar-refractivity contribution in [3.05, 3.63) is 102 Å². The molecule has 0 saturated carbocycles. The predicted octanol–water partition coefficient (Wildman–Crippen LogP) is 4.96. The van der Waals surface area contributed by atoms with Gasteiger partial charge in [-0.05, 0) is 17.2 Å². The van der Waals surface area contributed by atoms with E-state index in [1.165, 1.54) is 17.3 Å². The number of benzene rings is 2. The lowest BCUT2D eigenvalue weighted by atomic mass is 9.96. The molecule has 1 aliphatic heterocycles. The van der Waals surface area contributed by atoms with Crippen molar-refractivity contribution in [1.82, 2.24) is 24.6 Å². The third-order valence-electron chi connectivity index (χ3n) is 5.70. The quantitative estimate of drug-likeness (QED) is 0.454. The largest absolute Gasteiger partial charge is 0.417 e. The number of rotatable bonds is 4. The van der Waals surface area contributed by atoms with Gasteiger partial charge >= 0.3 is 6.18 Å². The van der Waals surface area contributed by atoms with E-state index in [1.807, 2.05) is 41.0 Å². The Hall–Kier alpha value is -3.52. The van der Waals surface area contributed by atoms with Crippen molar-refractivity contribution >= 4 is 0 Å². The summed E-state index contributed by atoms with van der Waals surface area (Å²) in [5.74, 6) is 1.13. The van der Waals surface area contributed by atoms with Crippen molar-refractivity contribution in [3.8, 4) is 11.4 Å². The molecule has 0 N–H and O–H groups in total. The third kappa shape index (κ3) is 3.89. The number of fused-ring (bicyclic) bond motifs is 1. The van der Waals surface area contributed by atoms with E-state index in [4.69, 9.17) is 0 Å². The van der Waals surface area contributed by atoms with Gasteiger partial charge in [0.05, 0.1) is 18.2 Å². The number of hydrogen-bond donors (Lipinski definition) is 0. The minimum absolute atomic E-state index is 0.0431. The average Bonchev–Trinajstić information content (AvgIpc) is 3.24. The van der Waals surface area contributed by atoms with E-state index < -0.39 is 11.7 Å². The summed E-state index contributed by atoms with van der Waals surface area (Å²) in [5, 5.41) is 8.52. The average molecular weight is 435 g/mol. The molecule has 2 aromatic heterocycles. The summed E-state index contributed by atoms with van der Waals surface area (Å²) in [5.41, 5.74) is 1.87. The molecule has 3 heterocycles. The van der Waals surface area contributed by atoms with Gasteiger partial charge < -0.3 is 4.57 Å². The topological polar surface area (TPSA) is 46.8 Å². The molecule has 0 fully saturated rings. The zero-order valence-electron chi connectivity index (χ0n) is 17.1. The Morgan fingerprint density at radius 1 is 0.812 bits per heavy atom. The molecule has 5 rings (SSSR count). The van der Waals surface area contributed by atoms with Crippen LogP contribution in [0.5, 0.6) is 0 Å². The van der Waals surface area contributed by atoms with Crippen LogP contribution in [0.2, 0.25) is 0 Å². The van der Waals surface area contributed by atoms with Gasteiger partial charge in [0, 0.05) is 31.0 Å². The van der Waals surface area contributed by atoms with Crippen molar-refractivity contribution in [3.63, 3.8) is 0 Å². The minimum Gasteiger partial charge on any atom is -0.309 e. The van der Waals surface area contributed by atoms with Crippen LogP contribution in [0.3, 0.4) is 0 Å². The van der Waals surface area contributed by atoms with E-state index in [0.29, 0.717) is 31.0 Å². The van der Waals surface area contributed by atoms with E-state index in [0.717, 1.165) is 18.1 Å². The van der Waals surface area contributed by atoms with Crippen molar-refractivity contribution in [2.24, 2.45) is 0 Å².